The van der Waals surface area contributed by atoms with Crippen molar-refractivity contribution in [3.8, 4) is 5.75 Å². The predicted octanol–water partition coefficient (Wildman–Crippen LogP) is 2.90. The van der Waals surface area contributed by atoms with Gasteiger partial charge in [0, 0.05) is 18.2 Å². The van der Waals surface area contributed by atoms with E-state index in [1.165, 1.54) is 0 Å². The van der Waals surface area contributed by atoms with Gasteiger partial charge in [0.15, 0.2) is 6.10 Å². The van der Waals surface area contributed by atoms with Crippen LogP contribution in [-0.4, -0.2) is 25.6 Å². The summed E-state index contributed by atoms with van der Waals surface area (Å²) in [5, 5.41) is 6.11. The summed E-state index contributed by atoms with van der Waals surface area (Å²) in [6.45, 7) is 8.82. The van der Waals surface area contributed by atoms with Gasteiger partial charge in [-0.15, -0.1) is 0 Å². The molecule has 0 saturated heterocycles. The molecule has 4 nitrogen and oxygen atoms in total. The maximum atomic E-state index is 12.0. The van der Waals surface area contributed by atoms with Crippen molar-refractivity contribution in [2.45, 2.75) is 46.3 Å². The lowest BCUT2D eigenvalue weighted by atomic mass is 10.1. The van der Waals surface area contributed by atoms with Crippen molar-refractivity contribution in [2.24, 2.45) is 5.92 Å². The summed E-state index contributed by atoms with van der Waals surface area (Å²) < 4.78 is 5.84. The number of ether oxygens (including phenoxy) is 1. The van der Waals surface area contributed by atoms with Gasteiger partial charge in [0.2, 0.25) is 0 Å². The molecule has 118 valence electrons. The summed E-state index contributed by atoms with van der Waals surface area (Å²) in [4.78, 5) is 12.0. The molecule has 0 spiro atoms. The monoisotopic (exact) mass is 292 g/mol. The van der Waals surface area contributed by atoms with Crippen LogP contribution < -0.4 is 15.4 Å². The van der Waals surface area contributed by atoms with Crippen molar-refractivity contribution in [2.75, 3.05) is 13.6 Å². The van der Waals surface area contributed by atoms with Crippen molar-refractivity contribution in [1.29, 1.82) is 0 Å². The van der Waals surface area contributed by atoms with E-state index in [0.29, 0.717) is 12.5 Å². The van der Waals surface area contributed by atoms with E-state index < -0.39 is 6.10 Å². The SMILES string of the molecule is CNC(C)c1ccccc1OC(C)C(=O)NCCC(C)C. The zero-order valence-electron chi connectivity index (χ0n) is 13.8. The van der Waals surface area contributed by atoms with Gasteiger partial charge in [-0.05, 0) is 39.3 Å². The smallest absolute Gasteiger partial charge is 0.260 e. The number of hydrogen-bond donors (Lipinski definition) is 2. The number of carbonyl (C=O) groups excluding carboxylic acids is 1. The molecule has 0 bridgehead atoms. The second kappa shape index (κ2) is 8.67. The Labute approximate surface area is 128 Å². The van der Waals surface area contributed by atoms with E-state index >= 15 is 0 Å². The molecule has 2 unspecified atom stereocenters. The average Bonchev–Trinajstić information content (AvgIpc) is 2.46. The van der Waals surface area contributed by atoms with Crippen molar-refractivity contribution in [3.05, 3.63) is 29.8 Å². The highest BCUT2D eigenvalue weighted by molar-refractivity contribution is 5.80. The van der Waals surface area contributed by atoms with Gasteiger partial charge in [0.25, 0.3) is 5.91 Å². The first-order valence-corrected chi connectivity index (χ1v) is 7.66. The molecule has 1 aromatic rings. The van der Waals surface area contributed by atoms with E-state index in [1.54, 1.807) is 6.92 Å². The van der Waals surface area contributed by atoms with Crippen molar-refractivity contribution >= 4 is 5.91 Å². The Balaban J connectivity index is 2.62. The molecule has 0 fully saturated rings. The molecule has 0 saturated carbocycles. The second-order valence-electron chi connectivity index (χ2n) is 5.78. The molecule has 0 aliphatic heterocycles. The Morgan fingerprint density at radius 1 is 1.19 bits per heavy atom. The Bertz CT molecular complexity index is 446. The van der Waals surface area contributed by atoms with Gasteiger partial charge in [-0.3, -0.25) is 4.79 Å². The van der Waals surface area contributed by atoms with E-state index in [4.69, 9.17) is 4.74 Å². The van der Waals surface area contributed by atoms with Crippen molar-refractivity contribution in [3.63, 3.8) is 0 Å². The number of benzene rings is 1. The van der Waals surface area contributed by atoms with Crippen LogP contribution in [0.2, 0.25) is 0 Å². The second-order valence-corrected chi connectivity index (χ2v) is 5.78. The van der Waals surface area contributed by atoms with Gasteiger partial charge < -0.3 is 15.4 Å². The van der Waals surface area contributed by atoms with Gasteiger partial charge in [-0.25, -0.2) is 0 Å². The van der Waals surface area contributed by atoms with E-state index in [-0.39, 0.29) is 11.9 Å². The highest BCUT2D eigenvalue weighted by atomic mass is 16.5. The van der Waals surface area contributed by atoms with Crippen LogP contribution in [0.1, 0.15) is 45.7 Å². The molecule has 21 heavy (non-hydrogen) atoms. The number of hydrogen-bond acceptors (Lipinski definition) is 3. The molecule has 0 radical (unpaired) electrons. The lowest BCUT2D eigenvalue weighted by molar-refractivity contribution is -0.127. The van der Waals surface area contributed by atoms with Crippen LogP contribution in [0.3, 0.4) is 0 Å². The number of para-hydroxylation sites is 1. The topological polar surface area (TPSA) is 50.4 Å². The summed E-state index contributed by atoms with van der Waals surface area (Å²) in [5.41, 5.74) is 1.06. The summed E-state index contributed by atoms with van der Waals surface area (Å²) in [7, 11) is 1.91. The largest absolute Gasteiger partial charge is 0.481 e. The third kappa shape index (κ3) is 5.76. The van der Waals surface area contributed by atoms with E-state index in [2.05, 4.69) is 31.4 Å². The van der Waals surface area contributed by atoms with Crippen LogP contribution in [-0.2, 0) is 4.79 Å². The van der Waals surface area contributed by atoms with Crippen molar-refractivity contribution in [1.82, 2.24) is 10.6 Å². The van der Waals surface area contributed by atoms with Gasteiger partial charge in [0.1, 0.15) is 5.75 Å². The van der Waals surface area contributed by atoms with E-state index in [0.717, 1.165) is 17.7 Å². The highest BCUT2D eigenvalue weighted by Gasteiger charge is 2.17. The average molecular weight is 292 g/mol. The fourth-order valence-electron chi connectivity index (χ4n) is 1.97. The zero-order chi connectivity index (χ0) is 15.8. The normalized spacial score (nSPS) is 13.8. The maximum Gasteiger partial charge on any atom is 0.260 e. The summed E-state index contributed by atoms with van der Waals surface area (Å²) in [5.74, 6) is 1.27. The third-order valence-electron chi connectivity index (χ3n) is 3.51. The van der Waals surface area contributed by atoms with Gasteiger partial charge in [-0.2, -0.15) is 0 Å². The summed E-state index contributed by atoms with van der Waals surface area (Å²) in [6, 6.07) is 7.99. The lowest BCUT2D eigenvalue weighted by Gasteiger charge is -2.20. The number of carbonyl (C=O) groups is 1. The lowest BCUT2D eigenvalue weighted by Crippen LogP contribution is -2.37. The summed E-state index contributed by atoms with van der Waals surface area (Å²) in [6.07, 6.45) is 0.480. The third-order valence-corrected chi connectivity index (χ3v) is 3.51. The molecule has 2 N–H and O–H groups in total. The first kappa shape index (κ1) is 17.5. The van der Waals surface area contributed by atoms with E-state index in [1.807, 2.05) is 31.3 Å². The maximum absolute atomic E-state index is 12.0. The molecular weight excluding hydrogens is 264 g/mol. The molecule has 1 amide bonds. The standard InChI is InChI=1S/C17H28N2O2/c1-12(2)10-11-19-17(20)14(4)21-16-9-7-6-8-15(16)13(3)18-5/h6-9,12-14,18H,10-11H2,1-5H3,(H,19,20). The molecule has 0 aliphatic carbocycles. The van der Waals surface area contributed by atoms with Crippen molar-refractivity contribution < 1.29 is 9.53 Å². The molecule has 0 heterocycles. The zero-order valence-corrected chi connectivity index (χ0v) is 13.8. The van der Waals surface area contributed by atoms with Crippen LogP contribution in [0.4, 0.5) is 0 Å². The van der Waals surface area contributed by atoms with Gasteiger partial charge >= 0.3 is 0 Å². The van der Waals surface area contributed by atoms with Crippen LogP contribution in [0.15, 0.2) is 24.3 Å². The van der Waals surface area contributed by atoms with Gasteiger partial charge in [0.05, 0.1) is 0 Å². The highest BCUT2D eigenvalue weighted by Crippen LogP contribution is 2.25. The molecule has 0 aliphatic rings. The molecule has 4 heteroatoms. The first-order valence-electron chi connectivity index (χ1n) is 7.66. The van der Waals surface area contributed by atoms with Crippen LogP contribution in [0.25, 0.3) is 0 Å². The van der Waals surface area contributed by atoms with Crippen LogP contribution in [0, 0.1) is 5.92 Å². The van der Waals surface area contributed by atoms with E-state index in [9.17, 15) is 4.79 Å². The quantitative estimate of drug-likeness (QED) is 0.774. The summed E-state index contributed by atoms with van der Waals surface area (Å²) >= 11 is 0. The van der Waals surface area contributed by atoms with Crippen LogP contribution >= 0.6 is 0 Å². The Kier molecular flexibility index (Phi) is 7.23. The molecule has 1 aromatic carbocycles. The first-order chi connectivity index (χ1) is 9.95. The Morgan fingerprint density at radius 2 is 1.86 bits per heavy atom. The minimum atomic E-state index is -0.498. The minimum absolute atomic E-state index is 0.0671. The Hall–Kier alpha value is -1.55. The Morgan fingerprint density at radius 3 is 2.48 bits per heavy atom. The molecule has 0 aromatic heterocycles. The van der Waals surface area contributed by atoms with Gasteiger partial charge in [-0.1, -0.05) is 32.0 Å². The number of amides is 1. The number of nitrogens with one attached hydrogen (secondary N) is 2. The predicted molar refractivity (Wildman–Crippen MR) is 86.5 cm³/mol. The fraction of sp³-hybridized carbons (Fsp3) is 0.588. The number of rotatable bonds is 8. The minimum Gasteiger partial charge on any atom is -0.481 e. The molecule has 1 rings (SSSR count). The fourth-order valence-corrected chi connectivity index (χ4v) is 1.97. The molecular formula is C17H28N2O2. The molecule has 2 atom stereocenters. The van der Waals surface area contributed by atoms with Crippen LogP contribution in [0.5, 0.6) is 5.75 Å².